The van der Waals surface area contributed by atoms with E-state index in [2.05, 4.69) is 15.2 Å². The molecule has 0 radical (unpaired) electrons. The number of hydrogen-bond acceptors (Lipinski definition) is 5. The number of fused-ring (bicyclic) bond motifs is 1. The van der Waals surface area contributed by atoms with Crippen LogP contribution in [0.5, 0.6) is 0 Å². The number of amides is 1. The molecule has 0 aliphatic carbocycles. The number of nitrogens with zero attached hydrogens (tertiary/aromatic N) is 3. The van der Waals surface area contributed by atoms with E-state index in [-0.39, 0.29) is 18.0 Å². The molecule has 5 rings (SSSR count). The third kappa shape index (κ3) is 4.13. The van der Waals surface area contributed by atoms with Crippen molar-refractivity contribution in [2.24, 2.45) is 0 Å². The Morgan fingerprint density at radius 1 is 1.06 bits per heavy atom. The summed E-state index contributed by atoms with van der Waals surface area (Å²) >= 11 is 7.40. The first-order valence-electron chi connectivity index (χ1n) is 10.5. The third-order valence-corrected chi connectivity index (χ3v) is 6.79. The maximum absolute atomic E-state index is 13.1. The zero-order valence-electron chi connectivity index (χ0n) is 17.3. The van der Waals surface area contributed by atoms with Crippen molar-refractivity contribution in [3.8, 4) is 11.1 Å². The van der Waals surface area contributed by atoms with Crippen molar-refractivity contribution in [1.29, 1.82) is 0 Å². The molecular weight excluding hydrogens is 444 g/mol. The molecule has 0 spiro atoms. The molecule has 4 aromatic rings. The van der Waals surface area contributed by atoms with Gasteiger partial charge < -0.3 is 10.2 Å². The molecule has 0 saturated carbocycles. The Bertz CT molecular complexity index is 1320. The normalized spacial score (nSPS) is 13.6. The lowest BCUT2D eigenvalue weighted by Crippen LogP contribution is -2.27. The Morgan fingerprint density at radius 2 is 1.78 bits per heavy atom. The van der Waals surface area contributed by atoms with E-state index in [0.717, 1.165) is 24.2 Å². The van der Waals surface area contributed by atoms with Gasteiger partial charge in [-0.05, 0) is 54.8 Å². The Morgan fingerprint density at radius 3 is 2.50 bits per heavy atom. The molecule has 8 heteroatoms. The first kappa shape index (κ1) is 20.7. The van der Waals surface area contributed by atoms with Crippen LogP contribution in [-0.4, -0.2) is 28.5 Å². The number of hydrogen-bond donors (Lipinski definition) is 1. The highest BCUT2D eigenvalue weighted by Crippen LogP contribution is 2.31. The first-order chi connectivity index (χ1) is 15.6. The molecule has 32 heavy (non-hydrogen) atoms. The first-order valence-corrected chi connectivity index (χ1v) is 11.7. The van der Waals surface area contributed by atoms with Gasteiger partial charge in [-0.2, -0.15) is 0 Å². The topological polar surface area (TPSA) is 67.2 Å². The maximum atomic E-state index is 13.1. The van der Waals surface area contributed by atoms with Crippen LogP contribution in [0.2, 0.25) is 5.02 Å². The molecule has 0 atom stereocenters. The summed E-state index contributed by atoms with van der Waals surface area (Å²) in [7, 11) is 0. The molecule has 1 amide bonds. The van der Waals surface area contributed by atoms with Crippen LogP contribution >= 0.6 is 22.9 Å². The summed E-state index contributed by atoms with van der Waals surface area (Å²) in [6.07, 6.45) is 3.87. The molecule has 2 aromatic carbocycles. The Labute approximate surface area is 194 Å². The van der Waals surface area contributed by atoms with Gasteiger partial charge in [0, 0.05) is 40.4 Å². The molecule has 1 aliphatic rings. The van der Waals surface area contributed by atoms with E-state index in [9.17, 15) is 9.59 Å². The van der Waals surface area contributed by atoms with Gasteiger partial charge in [-0.25, -0.2) is 4.98 Å². The van der Waals surface area contributed by atoms with E-state index in [4.69, 9.17) is 11.6 Å². The smallest absolute Gasteiger partial charge is 0.263 e. The predicted molar refractivity (Wildman–Crippen MR) is 131 cm³/mol. The number of benzene rings is 2. The lowest BCUT2D eigenvalue weighted by Gasteiger charge is -2.17. The van der Waals surface area contributed by atoms with Gasteiger partial charge in [0.15, 0.2) is 0 Å². The fourth-order valence-electron chi connectivity index (χ4n) is 4.01. The summed E-state index contributed by atoms with van der Waals surface area (Å²) < 4.78 is 1.35. The van der Waals surface area contributed by atoms with E-state index < -0.39 is 0 Å². The molecule has 6 nitrogen and oxygen atoms in total. The number of carbonyl (C=O) groups is 1. The second-order valence-corrected chi connectivity index (χ2v) is 9.10. The molecule has 1 saturated heterocycles. The molecule has 1 N–H and O–H groups in total. The highest BCUT2D eigenvalue weighted by Gasteiger charge is 2.15. The average Bonchev–Trinajstić information content (AvgIpc) is 3.48. The van der Waals surface area contributed by atoms with Crippen molar-refractivity contribution in [3.63, 3.8) is 0 Å². The van der Waals surface area contributed by atoms with Crippen LogP contribution in [0.4, 0.5) is 11.4 Å². The summed E-state index contributed by atoms with van der Waals surface area (Å²) in [6, 6.07) is 15.2. The van der Waals surface area contributed by atoms with Gasteiger partial charge in [-0.3, -0.25) is 14.2 Å². The van der Waals surface area contributed by atoms with Crippen LogP contribution in [0.3, 0.4) is 0 Å². The van der Waals surface area contributed by atoms with Crippen molar-refractivity contribution in [3.05, 3.63) is 75.6 Å². The lowest BCUT2D eigenvalue weighted by atomic mass is 10.1. The average molecular weight is 465 g/mol. The van der Waals surface area contributed by atoms with E-state index in [1.807, 2.05) is 41.8 Å². The van der Waals surface area contributed by atoms with E-state index in [0.29, 0.717) is 20.9 Å². The van der Waals surface area contributed by atoms with Gasteiger partial charge in [0.1, 0.15) is 11.4 Å². The van der Waals surface area contributed by atoms with Gasteiger partial charge in [0.25, 0.3) is 5.56 Å². The van der Waals surface area contributed by atoms with Crippen LogP contribution in [0.1, 0.15) is 12.8 Å². The van der Waals surface area contributed by atoms with E-state index >= 15 is 0 Å². The highest BCUT2D eigenvalue weighted by molar-refractivity contribution is 7.17. The number of aromatic nitrogens is 2. The van der Waals surface area contributed by atoms with Gasteiger partial charge in [-0.1, -0.05) is 23.7 Å². The second-order valence-electron chi connectivity index (χ2n) is 7.80. The molecule has 0 unspecified atom stereocenters. The van der Waals surface area contributed by atoms with Crippen LogP contribution in [-0.2, 0) is 11.3 Å². The van der Waals surface area contributed by atoms with Crippen molar-refractivity contribution < 1.29 is 4.79 Å². The zero-order valence-corrected chi connectivity index (χ0v) is 18.8. The van der Waals surface area contributed by atoms with Crippen LogP contribution in [0, 0.1) is 0 Å². The number of carbonyl (C=O) groups excluding carboxylic acids is 1. The molecule has 2 aromatic heterocycles. The number of nitrogens with one attached hydrogen (secondary N) is 1. The highest BCUT2D eigenvalue weighted by atomic mass is 35.5. The van der Waals surface area contributed by atoms with Gasteiger partial charge in [-0.15, -0.1) is 11.3 Å². The molecular formula is C24H21ClN4O2S. The summed E-state index contributed by atoms with van der Waals surface area (Å²) in [5.41, 5.74) is 3.32. The molecule has 1 fully saturated rings. The number of thiophene rings is 1. The number of rotatable bonds is 5. The standard InChI is InChI=1S/C24H21ClN4O2S/c25-17-5-3-16(4-6-17)20-14-32-23-22(20)24(31)29(15-26-23)13-21(30)27-18-7-9-19(10-8-18)28-11-1-2-12-28/h3-10,14-15H,1-2,11-13H2,(H,27,30). The van der Waals surface area contributed by atoms with Gasteiger partial charge in [0.2, 0.25) is 5.91 Å². The van der Waals surface area contributed by atoms with Crippen LogP contribution in [0.15, 0.2) is 65.0 Å². The van der Waals surface area contributed by atoms with Crippen molar-refractivity contribution >= 4 is 50.4 Å². The summed E-state index contributed by atoms with van der Waals surface area (Å²) in [5, 5.41) is 5.93. The minimum Gasteiger partial charge on any atom is -0.372 e. The Hall–Kier alpha value is -3.16. The predicted octanol–water partition coefficient (Wildman–Crippen LogP) is 5.02. The molecule has 3 heterocycles. The molecule has 1 aliphatic heterocycles. The maximum Gasteiger partial charge on any atom is 0.263 e. The summed E-state index contributed by atoms with van der Waals surface area (Å²) in [4.78, 5) is 33.1. The van der Waals surface area contributed by atoms with E-state index in [1.54, 1.807) is 12.1 Å². The van der Waals surface area contributed by atoms with Crippen LogP contribution < -0.4 is 15.8 Å². The SMILES string of the molecule is O=C(Cn1cnc2scc(-c3ccc(Cl)cc3)c2c1=O)Nc1ccc(N2CCCC2)cc1. The fraction of sp³-hybridized carbons (Fsp3) is 0.208. The number of anilines is 2. The fourth-order valence-corrected chi connectivity index (χ4v) is 5.04. The quantitative estimate of drug-likeness (QED) is 0.450. The third-order valence-electron chi connectivity index (χ3n) is 5.65. The monoisotopic (exact) mass is 464 g/mol. The minimum absolute atomic E-state index is 0.106. The van der Waals surface area contributed by atoms with Crippen molar-refractivity contribution in [1.82, 2.24) is 9.55 Å². The van der Waals surface area contributed by atoms with Crippen molar-refractivity contribution in [2.45, 2.75) is 19.4 Å². The number of halogens is 1. The van der Waals surface area contributed by atoms with E-state index in [1.165, 1.54) is 40.8 Å². The molecule has 0 bridgehead atoms. The zero-order chi connectivity index (χ0) is 22.1. The van der Waals surface area contributed by atoms with Crippen LogP contribution in [0.25, 0.3) is 21.3 Å². The van der Waals surface area contributed by atoms with Gasteiger partial charge >= 0.3 is 0 Å². The minimum atomic E-state index is -0.273. The lowest BCUT2D eigenvalue weighted by molar-refractivity contribution is -0.116. The summed E-state index contributed by atoms with van der Waals surface area (Å²) in [6.45, 7) is 2.04. The van der Waals surface area contributed by atoms with Crippen molar-refractivity contribution in [2.75, 3.05) is 23.3 Å². The second kappa shape index (κ2) is 8.76. The largest absolute Gasteiger partial charge is 0.372 e. The summed E-state index contributed by atoms with van der Waals surface area (Å²) in [5.74, 6) is -0.273. The molecule has 162 valence electrons. The Kier molecular flexibility index (Phi) is 5.68. The van der Waals surface area contributed by atoms with Gasteiger partial charge in [0.05, 0.1) is 11.7 Å². The Balaban J connectivity index is 1.35.